The van der Waals surface area contributed by atoms with Crippen molar-refractivity contribution in [3.63, 3.8) is 0 Å². The predicted molar refractivity (Wildman–Crippen MR) is 105 cm³/mol. The number of ether oxygens (including phenoxy) is 3. The van der Waals surface area contributed by atoms with Crippen LogP contribution in [0.5, 0.6) is 0 Å². The average molecular weight is 379 g/mol. The summed E-state index contributed by atoms with van der Waals surface area (Å²) in [5, 5.41) is 0.861. The number of aromatic nitrogens is 2. The van der Waals surface area contributed by atoms with Crippen LogP contribution in [0.15, 0.2) is 54.9 Å². The van der Waals surface area contributed by atoms with Crippen molar-refractivity contribution < 1.29 is 19.0 Å². The van der Waals surface area contributed by atoms with Gasteiger partial charge in [0.15, 0.2) is 6.23 Å². The van der Waals surface area contributed by atoms with Gasteiger partial charge in [-0.2, -0.15) is 0 Å². The standard InChI is InChI=1S/C21H21N3O4/c1-26-10-11-27-12-13-28-21-19(25)16-7-3-5-9-18(16)24(21)20-15-6-2-4-8-17(15)22-14-23-20/h2-9,14,21H,10-13H2,1H3. The molecule has 28 heavy (non-hydrogen) atoms. The third-order valence-electron chi connectivity index (χ3n) is 4.57. The monoisotopic (exact) mass is 379 g/mol. The summed E-state index contributed by atoms with van der Waals surface area (Å²) in [4.78, 5) is 23.7. The molecule has 0 saturated carbocycles. The Morgan fingerprint density at radius 2 is 1.75 bits per heavy atom. The lowest BCUT2D eigenvalue weighted by molar-refractivity contribution is 0.00234. The van der Waals surface area contributed by atoms with Crippen LogP contribution in [0.2, 0.25) is 0 Å². The maximum absolute atomic E-state index is 13.0. The van der Waals surface area contributed by atoms with Gasteiger partial charge in [0.25, 0.3) is 0 Å². The highest BCUT2D eigenvalue weighted by atomic mass is 16.6. The molecule has 1 aliphatic rings. The third-order valence-corrected chi connectivity index (χ3v) is 4.57. The number of anilines is 2. The third kappa shape index (κ3) is 3.47. The topological polar surface area (TPSA) is 73.8 Å². The number of hydrogen-bond acceptors (Lipinski definition) is 7. The van der Waals surface area contributed by atoms with Gasteiger partial charge in [0.2, 0.25) is 5.78 Å². The molecule has 1 aromatic heterocycles. The highest BCUT2D eigenvalue weighted by Crippen LogP contribution is 2.40. The number of Topliss-reactive ketones (excluding diaryl/α,β-unsaturated/α-hetero) is 1. The van der Waals surface area contributed by atoms with E-state index in [0.29, 0.717) is 31.2 Å². The molecule has 0 amide bonds. The summed E-state index contributed by atoms with van der Waals surface area (Å²) in [6, 6.07) is 15.2. The Morgan fingerprint density at radius 1 is 0.964 bits per heavy atom. The van der Waals surface area contributed by atoms with Crippen LogP contribution in [0.25, 0.3) is 10.9 Å². The Labute approximate surface area is 162 Å². The highest BCUT2D eigenvalue weighted by Gasteiger charge is 2.40. The molecule has 7 nitrogen and oxygen atoms in total. The maximum Gasteiger partial charge on any atom is 0.214 e. The summed E-state index contributed by atoms with van der Waals surface area (Å²) < 4.78 is 16.4. The molecule has 0 saturated heterocycles. The van der Waals surface area contributed by atoms with Crippen molar-refractivity contribution in [2.24, 2.45) is 0 Å². The lowest BCUT2D eigenvalue weighted by Gasteiger charge is -2.26. The second-order valence-electron chi connectivity index (χ2n) is 6.29. The lowest BCUT2D eigenvalue weighted by atomic mass is 10.1. The minimum Gasteiger partial charge on any atom is -0.382 e. The largest absolute Gasteiger partial charge is 0.382 e. The van der Waals surface area contributed by atoms with E-state index in [4.69, 9.17) is 14.2 Å². The van der Waals surface area contributed by atoms with E-state index in [9.17, 15) is 4.79 Å². The van der Waals surface area contributed by atoms with E-state index in [1.807, 2.05) is 53.4 Å². The number of nitrogens with zero attached hydrogens (tertiary/aromatic N) is 3. The molecule has 1 atom stereocenters. The normalized spacial score (nSPS) is 16.0. The van der Waals surface area contributed by atoms with Gasteiger partial charge in [-0.1, -0.05) is 24.3 Å². The molecular formula is C21H21N3O4. The highest BCUT2D eigenvalue weighted by molar-refractivity contribution is 6.13. The van der Waals surface area contributed by atoms with Gasteiger partial charge in [-0.05, 0) is 24.3 Å². The molecule has 2 heterocycles. The van der Waals surface area contributed by atoms with Crippen molar-refractivity contribution in [3.05, 3.63) is 60.4 Å². The van der Waals surface area contributed by atoms with Crippen molar-refractivity contribution in [2.45, 2.75) is 6.23 Å². The van der Waals surface area contributed by atoms with E-state index in [1.54, 1.807) is 7.11 Å². The van der Waals surface area contributed by atoms with Gasteiger partial charge in [0.05, 0.1) is 37.6 Å². The molecule has 0 spiro atoms. The first-order valence-electron chi connectivity index (χ1n) is 9.12. The van der Waals surface area contributed by atoms with Crippen molar-refractivity contribution >= 4 is 28.2 Å². The number of ketones is 1. The van der Waals surface area contributed by atoms with Crippen LogP contribution in [0.1, 0.15) is 10.4 Å². The van der Waals surface area contributed by atoms with Gasteiger partial charge < -0.3 is 14.2 Å². The van der Waals surface area contributed by atoms with Gasteiger partial charge in [-0.25, -0.2) is 9.97 Å². The number of benzene rings is 2. The zero-order valence-electron chi connectivity index (χ0n) is 15.6. The first-order valence-corrected chi connectivity index (χ1v) is 9.12. The fraction of sp³-hybridized carbons (Fsp3) is 0.286. The van der Waals surface area contributed by atoms with E-state index in [0.717, 1.165) is 16.6 Å². The van der Waals surface area contributed by atoms with Crippen LogP contribution in [-0.2, 0) is 14.2 Å². The van der Waals surface area contributed by atoms with Gasteiger partial charge >= 0.3 is 0 Å². The van der Waals surface area contributed by atoms with Gasteiger partial charge in [0.1, 0.15) is 12.1 Å². The molecule has 0 aliphatic carbocycles. The molecule has 0 N–H and O–H groups in total. The molecule has 2 aromatic carbocycles. The second-order valence-corrected chi connectivity index (χ2v) is 6.29. The summed E-state index contributed by atoms with van der Waals surface area (Å²) >= 11 is 0. The van der Waals surface area contributed by atoms with E-state index >= 15 is 0 Å². The smallest absolute Gasteiger partial charge is 0.214 e. The molecule has 4 rings (SSSR count). The number of carbonyl (C=O) groups is 1. The zero-order valence-corrected chi connectivity index (χ0v) is 15.6. The molecule has 0 radical (unpaired) electrons. The average Bonchev–Trinajstić information content (AvgIpc) is 3.02. The Hall–Kier alpha value is -2.87. The first kappa shape index (κ1) is 18.5. The molecule has 144 valence electrons. The quantitative estimate of drug-likeness (QED) is 0.557. The number of carbonyl (C=O) groups excluding carboxylic acids is 1. The Bertz CT molecular complexity index is 973. The van der Waals surface area contributed by atoms with Crippen molar-refractivity contribution in [3.8, 4) is 0 Å². The minimum absolute atomic E-state index is 0.0878. The van der Waals surface area contributed by atoms with Crippen molar-refractivity contribution in [1.82, 2.24) is 9.97 Å². The molecule has 0 bridgehead atoms. The van der Waals surface area contributed by atoms with E-state index < -0.39 is 6.23 Å². The van der Waals surface area contributed by atoms with E-state index in [1.165, 1.54) is 6.33 Å². The SMILES string of the molecule is COCCOCCOC1C(=O)c2ccccc2N1c1ncnc2ccccc12. The van der Waals surface area contributed by atoms with Crippen LogP contribution in [0, 0.1) is 0 Å². The molecule has 7 heteroatoms. The Kier molecular flexibility index (Phi) is 5.57. The minimum atomic E-state index is -0.790. The molecule has 1 aliphatic heterocycles. The number of para-hydroxylation sites is 2. The molecule has 0 fully saturated rings. The molecular weight excluding hydrogens is 358 g/mol. The Morgan fingerprint density at radius 3 is 2.64 bits per heavy atom. The zero-order chi connectivity index (χ0) is 19.3. The van der Waals surface area contributed by atoms with E-state index in [-0.39, 0.29) is 12.4 Å². The number of rotatable bonds is 8. The summed E-state index contributed by atoms with van der Waals surface area (Å²) in [7, 11) is 1.62. The predicted octanol–water partition coefficient (Wildman–Crippen LogP) is 2.97. The van der Waals surface area contributed by atoms with Crippen LogP contribution < -0.4 is 4.90 Å². The van der Waals surface area contributed by atoms with Crippen LogP contribution in [0.3, 0.4) is 0 Å². The maximum atomic E-state index is 13.0. The lowest BCUT2D eigenvalue weighted by Crippen LogP contribution is -2.36. The molecule has 1 unspecified atom stereocenters. The van der Waals surface area contributed by atoms with Crippen LogP contribution in [0.4, 0.5) is 11.5 Å². The number of hydrogen-bond donors (Lipinski definition) is 0. The van der Waals surface area contributed by atoms with Crippen LogP contribution >= 0.6 is 0 Å². The van der Waals surface area contributed by atoms with Gasteiger partial charge in [0, 0.05) is 18.1 Å². The summed E-state index contributed by atoms with van der Waals surface area (Å²) in [5.41, 5.74) is 2.21. The summed E-state index contributed by atoms with van der Waals surface area (Å²) in [5.74, 6) is 0.560. The van der Waals surface area contributed by atoms with Crippen LogP contribution in [-0.4, -0.2) is 55.5 Å². The number of methoxy groups -OCH3 is 1. The van der Waals surface area contributed by atoms with Gasteiger partial charge in [-0.3, -0.25) is 9.69 Å². The fourth-order valence-electron chi connectivity index (χ4n) is 3.29. The number of fused-ring (bicyclic) bond motifs is 2. The molecule has 3 aromatic rings. The van der Waals surface area contributed by atoms with E-state index in [2.05, 4.69) is 9.97 Å². The van der Waals surface area contributed by atoms with Crippen molar-refractivity contribution in [1.29, 1.82) is 0 Å². The Balaban J connectivity index is 1.64. The second kappa shape index (κ2) is 8.43. The summed E-state index contributed by atoms with van der Waals surface area (Å²) in [6.07, 6.45) is 0.718. The fourth-order valence-corrected chi connectivity index (χ4v) is 3.29. The van der Waals surface area contributed by atoms with Crippen molar-refractivity contribution in [2.75, 3.05) is 38.4 Å². The first-order chi connectivity index (χ1) is 13.8. The summed E-state index contributed by atoms with van der Waals surface area (Å²) in [6.45, 7) is 1.67. The van der Waals surface area contributed by atoms with Gasteiger partial charge in [-0.15, -0.1) is 0 Å².